The summed E-state index contributed by atoms with van der Waals surface area (Å²) in [6, 6.07) is 12.7. The maximum Gasteiger partial charge on any atom is 0.269 e. The molecule has 0 heterocycles. The molecular weight excluding hydrogens is 230 g/mol. The highest BCUT2D eigenvalue weighted by atomic mass is 16.6. The van der Waals surface area contributed by atoms with Crippen LogP contribution in [-0.4, -0.2) is 4.92 Å². The van der Waals surface area contributed by atoms with Gasteiger partial charge in [-0.1, -0.05) is 0 Å². The molecule has 0 aliphatic heterocycles. The number of hydrogen-bond donors (Lipinski definition) is 0. The minimum Gasteiger partial charge on any atom is -0.457 e. The van der Waals surface area contributed by atoms with Crippen molar-refractivity contribution in [1.82, 2.24) is 0 Å². The number of aryl methyl sites for hydroxylation is 2. The van der Waals surface area contributed by atoms with Gasteiger partial charge in [0.05, 0.1) is 4.92 Å². The number of ether oxygens (including phenoxy) is 1. The van der Waals surface area contributed by atoms with Crippen molar-refractivity contribution in [2.24, 2.45) is 0 Å². The second-order valence-corrected chi connectivity index (χ2v) is 4.00. The Bertz CT molecular complexity index is 556. The van der Waals surface area contributed by atoms with Gasteiger partial charge in [0.1, 0.15) is 11.5 Å². The molecule has 4 nitrogen and oxygen atoms in total. The molecule has 0 atom stereocenters. The Morgan fingerprint density at radius 2 is 1.67 bits per heavy atom. The molecule has 0 spiro atoms. The van der Waals surface area contributed by atoms with Crippen LogP contribution in [0.4, 0.5) is 5.69 Å². The summed E-state index contributed by atoms with van der Waals surface area (Å²) in [5, 5.41) is 10.5. The summed E-state index contributed by atoms with van der Waals surface area (Å²) in [4.78, 5) is 10.1. The van der Waals surface area contributed by atoms with E-state index >= 15 is 0 Å². The van der Waals surface area contributed by atoms with Crippen LogP contribution in [0.5, 0.6) is 11.5 Å². The first-order chi connectivity index (χ1) is 8.58. The van der Waals surface area contributed by atoms with E-state index in [1.165, 1.54) is 12.1 Å². The number of rotatable bonds is 3. The molecule has 0 bridgehead atoms. The molecule has 1 radical (unpaired) electrons. The van der Waals surface area contributed by atoms with Gasteiger partial charge in [-0.15, -0.1) is 0 Å². The Morgan fingerprint density at radius 3 is 2.17 bits per heavy atom. The molecule has 2 aromatic rings. The van der Waals surface area contributed by atoms with Gasteiger partial charge in [-0.05, 0) is 55.3 Å². The standard InChI is InChI=1S/C14H12NO3/c1-10-4-3-5-11(2)14(10)18-13-8-6-12(7-9-13)15(16)17/h4-9H,1-2H3. The van der Waals surface area contributed by atoms with Crippen LogP contribution in [0.2, 0.25) is 0 Å². The minimum atomic E-state index is -0.433. The Kier molecular flexibility index (Phi) is 3.28. The van der Waals surface area contributed by atoms with E-state index in [1.54, 1.807) is 12.1 Å². The van der Waals surface area contributed by atoms with E-state index in [4.69, 9.17) is 4.74 Å². The minimum absolute atomic E-state index is 0.0530. The first kappa shape index (κ1) is 12.1. The van der Waals surface area contributed by atoms with Crippen LogP contribution in [0.25, 0.3) is 0 Å². The van der Waals surface area contributed by atoms with E-state index in [0.717, 1.165) is 16.9 Å². The van der Waals surface area contributed by atoms with Gasteiger partial charge in [0.15, 0.2) is 0 Å². The van der Waals surface area contributed by atoms with Crippen LogP contribution >= 0.6 is 0 Å². The van der Waals surface area contributed by atoms with Crippen LogP contribution in [0.3, 0.4) is 0 Å². The van der Waals surface area contributed by atoms with E-state index < -0.39 is 4.92 Å². The van der Waals surface area contributed by atoms with Crippen molar-refractivity contribution in [3.05, 3.63) is 63.7 Å². The highest BCUT2D eigenvalue weighted by Crippen LogP contribution is 2.29. The monoisotopic (exact) mass is 242 g/mol. The van der Waals surface area contributed by atoms with Crippen molar-refractivity contribution < 1.29 is 9.66 Å². The average molecular weight is 242 g/mol. The second-order valence-electron chi connectivity index (χ2n) is 4.00. The smallest absolute Gasteiger partial charge is 0.269 e. The van der Waals surface area contributed by atoms with Crippen molar-refractivity contribution in [1.29, 1.82) is 0 Å². The normalized spacial score (nSPS) is 10.1. The van der Waals surface area contributed by atoms with Crippen molar-refractivity contribution in [2.75, 3.05) is 0 Å². The fourth-order valence-corrected chi connectivity index (χ4v) is 1.65. The zero-order valence-electron chi connectivity index (χ0n) is 10.1. The van der Waals surface area contributed by atoms with Crippen LogP contribution < -0.4 is 4.74 Å². The largest absolute Gasteiger partial charge is 0.457 e. The molecule has 18 heavy (non-hydrogen) atoms. The third-order valence-corrected chi connectivity index (χ3v) is 2.58. The Morgan fingerprint density at radius 1 is 1.11 bits per heavy atom. The van der Waals surface area contributed by atoms with Crippen molar-refractivity contribution >= 4 is 5.69 Å². The lowest BCUT2D eigenvalue weighted by atomic mass is 10.1. The molecule has 2 aromatic carbocycles. The summed E-state index contributed by atoms with van der Waals surface area (Å²) in [7, 11) is 0. The Labute approximate surface area is 105 Å². The SMILES string of the molecule is Cc1c[c]cc(C)c1Oc1ccc([N+](=O)[O-])cc1. The molecule has 0 saturated carbocycles. The van der Waals surface area contributed by atoms with Gasteiger partial charge in [0.25, 0.3) is 5.69 Å². The third-order valence-electron chi connectivity index (χ3n) is 2.58. The Hall–Kier alpha value is -2.36. The van der Waals surface area contributed by atoms with Gasteiger partial charge in [0, 0.05) is 12.1 Å². The fraction of sp³-hybridized carbons (Fsp3) is 0.143. The number of nitrogens with zero attached hydrogens (tertiary/aromatic N) is 1. The van der Waals surface area contributed by atoms with E-state index in [2.05, 4.69) is 6.07 Å². The number of nitro groups is 1. The van der Waals surface area contributed by atoms with Crippen LogP contribution in [0.1, 0.15) is 11.1 Å². The molecule has 0 fully saturated rings. The maximum atomic E-state index is 10.5. The molecule has 0 unspecified atom stereocenters. The zero-order valence-corrected chi connectivity index (χ0v) is 10.1. The van der Waals surface area contributed by atoms with Crippen LogP contribution in [-0.2, 0) is 0 Å². The molecule has 0 saturated heterocycles. The van der Waals surface area contributed by atoms with Crippen molar-refractivity contribution in [2.45, 2.75) is 13.8 Å². The van der Waals surface area contributed by atoms with Gasteiger partial charge in [-0.25, -0.2) is 0 Å². The van der Waals surface area contributed by atoms with E-state index in [-0.39, 0.29) is 5.69 Å². The lowest BCUT2D eigenvalue weighted by Gasteiger charge is -2.10. The average Bonchev–Trinajstić information content (AvgIpc) is 2.34. The van der Waals surface area contributed by atoms with E-state index in [9.17, 15) is 10.1 Å². The lowest BCUT2D eigenvalue weighted by Crippen LogP contribution is -1.92. The topological polar surface area (TPSA) is 52.4 Å². The lowest BCUT2D eigenvalue weighted by molar-refractivity contribution is -0.384. The summed E-state index contributed by atoms with van der Waals surface area (Å²) < 4.78 is 5.73. The molecule has 0 aromatic heterocycles. The van der Waals surface area contributed by atoms with Crippen LogP contribution in [0, 0.1) is 30.0 Å². The van der Waals surface area contributed by atoms with Crippen LogP contribution in [0.15, 0.2) is 36.4 Å². The number of benzene rings is 2. The van der Waals surface area contributed by atoms with Gasteiger partial charge < -0.3 is 4.74 Å². The number of nitro benzene ring substituents is 1. The summed E-state index contributed by atoms with van der Waals surface area (Å²) >= 11 is 0. The molecule has 0 N–H and O–H groups in total. The number of hydrogen-bond acceptors (Lipinski definition) is 3. The number of non-ortho nitro benzene ring substituents is 1. The summed E-state index contributed by atoms with van der Waals surface area (Å²) in [6.45, 7) is 3.87. The predicted octanol–water partition coefficient (Wildman–Crippen LogP) is 3.80. The molecular formula is C14H12NO3. The van der Waals surface area contributed by atoms with Gasteiger partial charge in [-0.3, -0.25) is 10.1 Å². The van der Waals surface area contributed by atoms with Crippen molar-refractivity contribution in [3.63, 3.8) is 0 Å². The molecule has 91 valence electrons. The second kappa shape index (κ2) is 4.87. The molecule has 4 heteroatoms. The molecule has 0 aliphatic carbocycles. The predicted molar refractivity (Wildman–Crippen MR) is 67.9 cm³/mol. The molecule has 0 amide bonds. The first-order valence-electron chi connectivity index (χ1n) is 5.47. The maximum absolute atomic E-state index is 10.5. The highest BCUT2D eigenvalue weighted by Gasteiger charge is 2.07. The zero-order chi connectivity index (χ0) is 13.1. The fourth-order valence-electron chi connectivity index (χ4n) is 1.65. The van der Waals surface area contributed by atoms with Gasteiger partial charge in [0.2, 0.25) is 0 Å². The summed E-state index contributed by atoms with van der Waals surface area (Å²) in [5.74, 6) is 1.35. The summed E-state index contributed by atoms with van der Waals surface area (Å²) in [6.07, 6.45) is 0. The van der Waals surface area contributed by atoms with E-state index in [1.807, 2.05) is 26.0 Å². The molecule has 0 aliphatic rings. The third kappa shape index (κ3) is 2.48. The summed E-state index contributed by atoms with van der Waals surface area (Å²) in [5.41, 5.74) is 2.01. The van der Waals surface area contributed by atoms with Crippen molar-refractivity contribution in [3.8, 4) is 11.5 Å². The Balaban J connectivity index is 2.26. The quantitative estimate of drug-likeness (QED) is 0.607. The van der Waals surface area contributed by atoms with Gasteiger partial charge in [-0.2, -0.15) is 0 Å². The highest BCUT2D eigenvalue weighted by molar-refractivity contribution is 5.44. The first-order valence-corrected chi connectivity index (χ1v) is 5.47. The van der Waals surface area contributed by atoms with E-state index in [0.29, 0.717) is 5.75 Å². The van der Waals surface area contributed by atoms with Gasteiger partial charge >= 0.3 is 0 Å². The molecule has 2 rings (SSSR count).